The van der Waals surface area contributed by atoms with Gasteiger partial charge in [-0.25, -0.2) is 0 Å². The molecule has 2 aliphatic rings. The third kappa shape index (κ3) is 3.12. The molecule has 1 aliphatic heterocycles. The topological polar surface area (TPSA) is 44.4 Å². The van der Waals surface area contributed by atoms with E-state index >= 15 is 0 Å². The highest BCUT2D eigenvalue weighted by molar-refractivity contribution is 5.82. The number of hydrogen-bond donors (Lipinski definition) is 2. The lowest BCUT2D eigenvalue weighted by Crippen LogP contribution is -2.56. The number of benzene rings is 1. The van der Waals surface area contributed by atoms with Crippen LogP contribution in [0, 0.1) is 0 Å². The zero-order chi connectivity index (χ0) is 15.7. The molecule has 2 N–H and O–H groups in total. The number of nitrogens with one attached hydrogen (secondary N) is 2. The van der Waals surface area contributed by atoms with Crippen LogP contribution in [-0.2, 0) is 4.79 Å². The number of hydrogen-bond acceptors (Lipinski definition) is 3. The van der Waals surface area contributed by atoms with Crippen molar-refractivity contribution in [2.24, 2.45) is 0 Å². The fourth-order valence-corrected chi connectivity index (χ4v) is 3.37. The molecule has 1 heterocycles. The molecule has 3 rings (SSSR count). The van der Waals surface area contributed by atoms with Crippen molar-refractivity contribution < 1.29 is 4.79 Å². The third-order valence-electron chi connectivity index (χ3n) is 4.81. The summed E-state index contributed by atoms with van der Waals surface area (Å²) in [7, 11) is 1.70. The number of anilines is 1. The predicted octanol–water partition coefficient (Wildman–Crippen LogP) is 2.21. The number of carbonyl (C=O) groups is 1. The van der Waals surface area contributed by atoms with E-state index in [1.807, 2.05) is 0 Å². The van der Waals surface area contributed by atoms with Crippen molar-refractivity contribution in [2.45, 2.75) is 44.6 Å². The summed E-state index contributed by atoms with van der Waals surface area (Å²) in [5.41, 5.74) is 4.29. The van der Waals surface area contributed by atoms with Gasteiger partial charge in [0.25, 0.3) is 0 Å². The number of rotatable bonds is 4. The van der Waals surface area contributed by atoms with Gasteiger partial charge in [0.15, 0.2) is 0 Å². The molecule has 1 amide bonds. The first-order chi connectivity index (χ1) is 10.6. The van der Waals surface area contributed by atoms with E-state index in [1.54, 1.807) is 7.05 Å². The Balaban J connectivity index is 1.82. The van der Waals surface area contributed by atoms with Crippen LogP contribution in [0.15, 0.2) is 18.2 Å². The summed E-state index contributed by atoms with van der Waals surface area (Å²) in [4.78, 5) is 14.2. The molecule has 1 saturated heterocycles. The Morgan fingerprint density at radius 2 is 2.14 bits per heavy atom. The zero-order valence-corrected chi connectivity index (χ0v) is 13.9. The van der Waals surface area contributed by atoms with Gasteiger partial charge >= 0.3 is 0 Å². The Morgan fingerprint density at radius 1 is 1.36 bits per heavy atom. The van der Waals surface area contributed by atoms with E-state index in [-0.39, 0.29) is 11.9 Å². The van der Waals surface area contributed by atoms with Crippen LogP contribution in [0.4, 0.5) is 5.69 Å². The molecule has 0 radical (unpaired) electrons. The van der Waals surface area contributed by atoms with Crippen molar-refractivity contribution in [3.8, 4) is 0 Å². The fourth-order valence-electron chi connectivity index (χ4n) is 3.37. The monoisotopic (exact) mass is 301 g/mol. The molecule has 1 saturated carbocycles. The van der Waals surface area contributed by atoms with E-state index in [1.165, 1.54) is 29.7 Å². The highest BCUT2D eigenvalue weighted by Gasteiger charge is 2.29. The number of likely N-dealkylation sites (N-methyl/N-ethyl adjacent to an activating group) is 1. The average molecular weight is 301 g/mol. The molecule has 0 bridgehead atoms. The summed E-state index contributed by atoms with van der Waals surface area (Å²) in [6, 6.07) is 6.78. The van der Waals surface area contributed by atoms with Crippen LogP contribution in [0.1, 0.15) is 49.7 Å². The summed E-state index contributed by atoms with van der Waals surface area (Å²) in [5, 5.41) is 6.04. The number of amides is 1. The minimum atomic E-state index is -0.118. The molecule has 4 heteroatoms. The minimum absolute atomic E-state index is 0.0749. The lowest BCUT2D eigenvalue weighted by Gasteiger charge is -2.35. The van der Waals surface area contributed by atoms with Crippen LogP contribution in [0.3, 0.4) is 0 Å². The first-order valence-electron chi connectivity index (χ1n) is 8.44. The second kappa shape index (κ2) is 6.29. The predicted molar refractivity (Wildman–Crippen MR) is 90.6 cm³/mol. The van der Waals surface area contributed by atoms with E-state index < -0.39 is 0 Å². The summed E-state index contributed by atoms with van der Waals surface area (Å²) in [5.74, 6) is 1.41. The molecular weight excluding hydrogens is 274 g/mol. The number of nitrogens with zero attached hydrogens (tertiary/aromatic N) is 1. The van der Waals surface area contributed by atoms with Gasteiger partial charge in [0.05, 0.1) is 0 Å². The van der Waals surface area contributed by atoms with Crippen molar-refractivity contribution in [3.63, 3.8) is 0 Å². The summed E-state index contributed by atoms with van der Waals surface area (Å²) < 4.78 is 0. The maximum absolute atomic E-state index is 11.9. The first kappa shape index (κ1) is 15.3. The molecular formula is C18H27N3O. The zero-order valence-electron chi connectivity index (χ0n) is 13.9. The van der Waals surface area contributed by atoms with Crippen molar-refractivity contribution in [1.29, 1.82) is 0 Å². The second-order valence-electron chi connectivity index (χ2n) is 6.81. The minimum Gasteiger partial charge on any atom is -0.368 e. The SMILES string of the molecule is CNC(=O)C1CN(c2ccc(C(C)C)c(C3CC3)c2)CCN1. The molecule has 2 fully saturated rings. The molecule has 1 aliphatic carbocycles. The van der Waals surface area contributed by atoms with Gasteiger partial charge in [-0.15, -0.1) is 0 Å². The van der Waals surface area contributed by atoms with E-state index in [0.717, 1.165) is 25.6 Å². The number of piperazine rings is 1. The van der Waals surface area contributed by atoms with Crippen LogP contribution in [0.5, 0.6) is 0 Å². The molecule has 1 unspecified atom stereocenters. The smallest absolute Gasteiger partial charge is 0.238 e. The van der Waals surface area contributed by atoms with Crippen molar-refractivity contribution in [1.82, 2.24) is 10.6 Å². The Labute approximate surface area is 133 Å². The first-order valence-corrected chi connectivity index (χ1v) is 8.44. The molecule has 22 heavy (non-hydrogen) atoms. The van der Waals surface area contributed by atoms with Gasteiger partial charge in [0.2, 0.25) is 5.91 Å². The van der Waals surface area contributed by atoms with Gasteiger partial charge < -0.3 is 15.5 Å². The highest BCUT2D eigenvalue weighted by Crippen LogP contribution is 2.44. The van der Waals surface area contributed by atoms with Gasteiger partial charge in [0.1, 0.15) is 6.04 Å². The lowest BCUT2D eigenvalue weighted by molar-refractivity contribution is -0.122. The average Bonchev–Trinajstić information content (AvgIpc) is 3.38. The summed E-state index contributed by atoms with van der Waals surface area (Å²) in [6.45, 7) is 7.09. The van der Waals surface area contributed by atoms with Crippen LogP contribution < -0.4 is 15.5 Å². The van der Waals surface area contributed by atoms with Gasteiger partial charge in [-0.2, -0.15) is 0 Å². The number of carbonyl (C=O) groups excluding carboxylic acids is 1. The third-order valence-corrected chi connectivity index (χ3v) is 4.81. The lowest BCUT2D eigenvalue weighted by atomic mass is 9.93. The largest absolute Gasteiger partial charge is 0.368 e. The highest BCUT2D eigenvalue weighted by atomic mass is 16.2. The van der Waals surface area contributed by atoms with Crippen LogP contribution in [0.2, 0.25) is 0 Å². The van der Waals surface area contributed by atoms with E-state index in [0.29, 0.717) is 5.92 Å². The van der Waals surface area contributed by atoms with Crippen molar-refractivity contribution >= 4 is 11.6 Å². The molecule has 1 aromatic rings. The van der Waals surface area contributed by atoms with Gasteiger partial charge in [-0.05, 0) is 47.9 Å². The van der Waals surface area contributed by atoms with Crippen molar-refractivity contribution in [2.75, 3.05) is 31.6 Å². The Bertz CT molecular complexity index is 551. The van der Waals surface area contributed by atoms with Gasteiger partial charge in [0, 0.05) is 32.4 Å². The van der Waals surface area contributed by atoms with Crippen LogP contribution in [0.25, 0.3) is 0 Å². The Kier molecular flexibility index (Phi) is 4.39. The standard InChI is InChI=1S/C18H27N3O/c1-12(2)15-7-6-14(10-16(15)13-4-5-13)21-9-8-20-17(11-21)18(22)19-3/h6-7,10,12-13,17,20H,4-5,8-9,11H2,1-3H3,(H,19,22). The maximum Gasteiger partial charge on any atom is 0.238 e. The van der Waals surface area contributed by atoms with Crippen LogP contribution >= 0.6 is 0 Å². The molecule has 1 aromatic carbocycles. The van der Waals surface area contributed by atoms with E-state index in [2.05, 4.69) is 47.6 Å². The normalized spacial score (nSPS) is 22.0. The van der Waals surface area contributed by atoms with Gasteiger partial charge in [-0.1, -0.05) is 19.9 Å². The quantitative estimate of drug-likeness (QED) is 0.896. The Hall–Kier alpha value is -1.55. The van der Waals surface area contributed by atoms with Gasteiger partial charge in [-0.3, -0.25) is 4.79 Å². The Morgan fingerprint density at radius 3 is 2.77 bits per heavy atom. The fraction of sp³-hybridized carbons (Fsp3) is 0.611. The molecule has 1 atom stereocenters. The summed E-state index contributed by atoms with van der Waals surface area (Å²) >= 11 is 0. The van der Waals surface area contributed by atoms with E-state index in [4.69, 9.17) is 0 Å². The second-order valence-corrected chi connectivity index (χ2v) is 6.81. The molecule has 0 aromatic heterocycles. The maximum atomic E-state index is 11.9. The van der Waals surface area contributed by atoms with Crippen molar-refractivity contribution in [3.05, 3.63) is 29.3 Å². The summed E-state index contributed by atoms with van der Waals surface area (Å²) in [6.07, 6.45) is 2.65. The molecule has 120 valence electrons. The molecule has 0 spiro atoms. The molecule has 4 nitrogen and oxygen atoms in total. The van der Waals surface area contributed by atoms with E-state index in [9.17, 15) is 4.79 Å². The van der Waals surface area contributed by atoms with Crippen LogP contribution in [-0.4, -0.2) is 38.6 Å².